The Balaban J connectivity index is 1.99. The van der Waals surface area contributed by atoms with Crippen molar-refractivity contribution in [1.82, 2.24) is 10.2 Å². The number of thioether (sulfide) groups is 1. The predicted octanol–water partition coefficient (Wildman–Crippen LogP) is 1.35. The molecule has 0 aromatic heterocycles. The van der Waals surface area contributed by atoms with Gasteiger partial charge in [0.2, 0.25) is 11.8 Å². The zero-order chi connectivity index (χ0) is 15.1. The Bertz CT molecular complexity index is 578. The molecule has 0 radical (unpaired) electrons. The first-order valence-electron chi connectivity index (χ1n) is 6.55. The normalized spacial score (nSPS) is 17.7. The van der Waals surface area contributed by atoms with Crippen LogP contribution >= 0.6 is 11.8 Å². The maximum Gasteiger partial charge on any atom is 0.247 e. The summed E-state index contributed by atoms with van der Waals surface area (Å²) in [7, 11) is 0. The molecule has 1 aliphatic rings. The number of hydrogen-bond acceptors (Lipinski definition) is 3. The van der Waals surface area contributed by atoms with Gasteiger partial charge in [0.1, 0.15) is 6.04 Å². The molecule has 5 heteroatoms. The second kappa shape index (κ2) is 7.55. The molecule has 2 amide bonds. The van der Waals surface area contributed by atoms with Crippen molar-refractivity contribution in [2.45, 2.75) is 6.04 Å². The van der Waals surface area contributed by atoms with E-state index in [4.69, 9.17) is 6.42 Å². The molecule has 4 nitrogen and oxygen atoms in total. The molecule has 1 N–H and O–H groups in total. The van der Waals surface area contributed by atoms with Gasteiger partial charge in [-0.05, 0) is 11.6 Å². The van der Waals surface area contributed by atoms with Gasteiger partial charge in [0.15, 0.2) is 0 Å². The fraction of sp³-hybridized carbons (Fsp3) is 0.250. The lowest BCUT2D eigenvalue weighted by Gasteiger charge is -2.21. The number of amides is 2. The highest BCUT2D eigenvalue weighted by molar-refractivity contribution is 7.99. The molecule has 0 saturated carbocycles. The Labute approximate surface area is 128 Å². The molecule has 1 heterocycles. The minimum atomic E-state index is -0.448. The third-order valence-electron chi connectivity index (χ3n) is 3.05. The molecule has 2 rings (SSSR count). The van der Waals surface area contributed by atoms with Gasteiger partial charge in [-0.15, -0.1) is 18.2 Å². The lowest BCUT2D eigenvalue weighted by atomic mass is 10.2. The quantitative estimate of drug-likeness (QED) is 0.674. The van der Waals surface area contributed by atoms with E-state index >= 15 is 0 Å². The van der Waals surface area contributed by atoms with E-state index in [-0.39, 0.29) is 18.4 Å². The van der Waals surface area contributed by atoms with Gasteiger partial charge in [-0.1, -0.05) is 36.3 Å². The van der Waals surface area contributed by atoms with Gasteiger partial charge in [-0.25, -0.2) is 0 Å². The van der Waals surface area contributed by atoms with E-state index in [1.807, 2.05) is 30.3 Å². The van der Waals surface area contributed by atoms with Crippen LogP contribution in [0.3, 0.4) is 0 Å². The summed E-state index contributed by atoms with van der Waals surface area (Å²) in [6, 6.07) is 9.12. The number of rotatable bonds is 4. The van der Waals surface area contributed by atoms with Crippen LogP contribution in [-0.2, 0) is 9.59 Å². The molecule has 0 aliphatic carbocycles. The van der Waals surface area contributed by atoms with Gasteiger partial charge < -0.3 is 10.2 Å². The second-order valence-corrected chi connectivity index (χ2v) is 5.49. The van der Waals surface area contributed by atoms with Crippen LogP contribution in [0.4, 0.5) is 0 Å². The molecule has 1 unspecified atom stereocenters. The van der Waals surface area contributed by atoms with Crippen molar-refractivity contribution >= 4 is 29.7 Å². The predicted molar refractivity (Wildman–Crippen MR) is 85.3 cm³/mol. The average Bonchev–Trinajstić information content (AvgIpc) is 3.01. The summed E-state index contributed by atoms with van der Waals surface area (Å²) in [5, 5.41) is 2.63. The van der Waals surface area contributed by atoms with E-state index in [2.05, 4.69) is 11.2 Å². The summed E-state index contributed by atoms with van der Waals surface area (Å²) >= 11 is 1.56. The van der Waals surface area contributed by atoms with Crippen LogP contribution in [0.25, 0.3) is 6.08 Å². The average molecular weight is 300 g/mol. The summed E-state index contributed by atoms with van der Waals surface area (Å²) in [5.74, 6) is 3.12. The minimum absolute atomic E-state index is 0.162. The van der Waals surface area contributed by atoms with Gasteiger partial charge in [-0.3, -0.25) is 9.59 Å². The van der Waals surface area contributed by atoms with Gasteiger partial charge in [0.05, 0.1) is 12.4 Å². The van der Waals surface area contributed by atoms with Gasteiger partial charge in [-0.2, -0.15) is 0 Å². The van der Waals surface area contributed by atoms with Crippen LogP contribution in [0.5, 0.6) is 0 Å². The van der Waals surface area contributed by atoms with Gasteiger partial charge >= 0.3 is 0 Å². The van der Waals surface area contributed by atoms with Crippen LogP contribution in [0.15, 0.2) is 36.4 Å². The number of hydrogen-bond donors (Lipinski definition) is 1. The Morgan fingerprint density at radius 1 is 1.43 bits per heavy atom. The molecule has 1 aromatic rings. The number of nitrogens with one attached hydrogen (secondary N) is 1. The fourth-order valence-electron chi connectivity index (χ4n) is 1.96. The smallest absolute Gasteiger partial charge is 0.247 e. The van der Waals surface area contributed by atoms with Crippen LogP contribution in [-0.4, -0.2) is 40.9 Å². The summed E-state index contributed by atoms with van der Waals surface area (Å²) in [6.07, 6.45) is 8.37. The largest absolute Gasteiger partial charge is 0.343 e. The first-order chi connectivity index (χ1) is 10.2. The Kier molecular flexibility index (Phi) is 5.47. The van der Waals surface area contributed by atoms with Crippen molar-refractivity contribution in [3.8, 4) is 12.3 Å². The van der Waals surface area contributed by atoms with Crippen molar-refractivity contribution in [1.29, 1.82) is 0 Å². The molecule has 1 aliphatic heterocycles. The zero-order valence-electron chi connectivity index (χ0n) is 11.5. The van der Waals surface area contributed by atoms with E-state index < -0.39 is 6.04 Å². The topological polar surface area (TPSA) is 49.4 Å². The summed E-state index contributed by atoms with van der Waals surface area (Å²) < 4.78 is 0. The molecule has 1 saturated heterocycles. The number of carbonyl (C=O) groups is 2. The Morgan fingerprint density at radius 2 is 2.19 bits per heavy atom. The minimum Gasteiger partial charge on any atom is -0.343 e. The molecule has 0 spiro atoms. The Morgan fingerprint density at radius 3 is 2.90 bits per heavy atom. The van der Waals surface area contributed by atoms with Crippen molar-refractivity contribution in [2.24, 2.45) is 0 Å². The molecule has 1 aromatic carbocycles. The number of nitrogens with zero attached hydrogens (tertiary/aromatic N) is 1. The number of terminal acetylenes is 1. The highest BCUT2D eigenvalue weighted by Crippen LogP contribution is 2.21. The summed E-state index contributed by atoms with van der Waals surface area (Å²) in [6.45, 7) is 0.182. The van der Waals surface area contributed by atoms with E-state index in [0.717, 1.165) is 5.56 Å². The number of benzene rings is 1. The van der Waals surface area contributed by atoms with E-state index in [1.54, 1.807) is 22.7 Å². The van der Waals surface area contributed by atoms with Gasteiger partial charge in [0.25, 0.3) is 0 Å². The van der Waals surface area contributed by atoms with Crippen LogP contribution in [0, 0.1) is 12.3 Å². The third kappa shape index (κ3) is 4.14. The van der Waals surface area contributed by atoms with Crippen LogP contribution in [0.1, 0.15) is 5.56 Å². The van der Waals surface area contributed by atoms with Crippen molar-refractivity contribution in [2.75, 3.05) is 18.2 Å². The molecule has 1 fully saturated rings. The molecular weight excluding hydrogens is 284 g/mol. The lowest BCUT2D eigenvalue weighted by Crippen LogP contribution is -2.46. The standard InChI is InChI=1S/C16H16N2O2S/c1-2-10-17-16(20)14-11-21-12-18(14)15(19)9-8-13-6-4-3-5-7-13/h1,3-9,14H,10-12H2,(H,17,20)/b9-8+. The monoisotopic (exact) mass is 300 g/mol. The maximum absolute atomic E-state index is 12.2. The fourth-order valence-corrected chi connectivity index (χ4v) is 3.12. The maximum atomic E-state index is 12.2. The molecule has 1 atom stereocenters. The second-order valence-electron chi connectivity index (χ2n) is 4.49. The zero-order valence-corrected chi connectivity index (χ0v) is 12.3. The summed E-state index contributed by atoms with van der Waals surface area (Å²) in [5.41, 5.74) is 0.950. The highest BCUT2D eigenvalue weighted by Gasteiger charge is 2.33. The molecular formula is C16H16N2O2S. The van der Waals surface area contributed by atoms with Crippen LogP contribution in [0.2, 0.25) is 0 Å². The summed E-state index contributed by atoms with van der Waals surface area (Å²) in [4.78, 5) is 25.7. The van der Waals surface area contributed by atoms with E-state index in [1.165, 1.54) is 6.08 Å². The van der Waals surface area contributed by atoms with Crippen molar-refractivity contribution in [3.63, 3.8) is 0 Å². The molecule has 21 heavy (non-hydrogen) atoms. The van der Waals surface area contributed by atoms with Crippen molar-refractivity contribution in [3.05, 3.63) is 42.0 Å². The first kappa shape index (κ1) is 15.2. The SMILES string of the molecule is C#CCNC(=O)C1CSCN1C(=O)/C=C/c1ccccc1. The molecule has 108 valence electrons. The highest BCUT2D eigenvalue weighted by atomic mass is 32.2. The van der Waals surface area contributed by atoms with E-state index in [0.29, 0.717) is 11.6 Å². The van der Waals surface area contributed by atoms with E-state index in [9.17, 15) is 9.59 Å². The van der Waals surface area contributed by atoms with Crippen LogP contribution < -0.4 is 5.32 Å². The number of carbonyl (C=O) groups excluding carboxylic acids is 2. The molecule has 0 bridgehead atoms. The Hall–Kier alpha value is -2.19. The third-order valence-corrected chi connectivity index (χ3v) is 4.06. The van der Waals surface area contributed by atoms with Crippen molar-refractivity contribution < 1.29 is 9.59 Å². The first-order valence-corrected chi connectivity index (χ1v) is 7.70. The lowest BCUT2D eigenvalue weighted by molar-refractivity contribution is -0.134. The van der Waals surface area contributed by atoms with Gasteiger partial charge in [0, 0.05) is 11.8 Å².